The van der Waals surface area contributed by atoms with Gasteiger partial charge in [0.1, 0.15) is 18.0 Å². The summed E-state index contributed by atoms with van der Waals surface area (Å²) in [5.74, 6) is -2.35. The van der Waals surface area contributed by atoms with E-state index in [-0.39, 0.29) is 16.5 Å². The van der Waals surface area contributed by atoms with Crippen molar-refractivity contribution in [2.24, 2.45) is 0 Å². The molecule has 0 radical (unpaired) electrons. The first kappa shape index (κ1) is 22.1. The lowest BCUT2D eigenvalue weighted by Crippen LogP contribution is -2.17. The van der Waals surface area contributed by atoms with E-state index in [2.05, 4.69) is 10.2 Å². The van der Waals surface area contributed by atoms with Crippen molar-refractivity contribution in [3.05, 3.63) is 69.8 Å². The molecule has 0 spiro atoms. The zero-order valence-electron chi connectivity index (χ0n) is 16.9. The van der Waals surface area contributed by atoms with Crippen molar-refractivity contribution < 1.29 is 32.5 Å². The number of hydrogen-bond acceptors (Lipinski definition) is 5. The van der Waals surface area contributed by atoms with Gasteiger partial charge in [0, 0.05) is 16.1 Å². The van der Waals surface area contributed by atoms with Crippen LogP contribution in [0.4, 0.5) is 13.2 Å². The molecule has 0 fully saturated rings. The molecule has 2 heterocycles. The Morgan fingerprint density at radius 2 is 2.00 bits per heavy atom. The summed E-state index contributed by atoms with van der Waals surface area (Å²) in [5.41, 5.74) is 1.66. The van der Waals surface area contributed by atoms with Crippen LogP contribution in [0.25, 0.3) is 5.69 Å². The van der Waals surface area contributed by atoms with E-state index in [4.69, 9.17) is 21.1 Å². The lowest BCUT2D eigenvalue weighted by atomic mass is 9.97. The molecule has 11 heteroatoms. The van der Waals surface area contributed by atoms with Gasteiger partial charge in [-0.15, -0.1) is 10.2 Å². The summed E-state index contributed by atoms with van der Waals surface area (Å²) in [6, 6.07) is 9.59. The molecule has 1 aromatic heterocycles. The minimum atomic E-state index is -4.84. The van der Waals surface area contributed by atoms with Crippen LogP contribution in [0, 0.1) is 6.92 Å². The van der Waals surface area contributed by atoms with Crippen LogP contribution in [-0.2, 0) is 15.7 Å². The molecule has 0 bridgehead atoms. The minimum absolute atomic E-state index is 0.0863. The molecule has 2 aromatic carbocycles. The van der Waals surface area contributed by atoms with E-state index in [1.807, 2.05) is 13.0 Å². The zero-order valence-corrected chi connectivity index (χ0v) is 17.6. The summed E-state index contributed by atoms with van der Waals surface area (Å²) in [5, 5.41) is 16.6. The molecule has 0 saturated carbocycles. The highest BCUT2D eigenvalue weighted by molar-refractivity contribution is 6.30. The molecule has 168 valence electrons. The van der Waals surface area contributed by atoms with Gasteiger partial charge in [-0.25, -0.2) is 0 Å². The van der Waals surface area contributed by atoms with Crippen LogP contribution in [0.15, 0.2) is 36.4 Å². The zero-order chi connectivity index (χ0) is 23.2. The van der Waals surface area contributed by atoms with Crippen LogP contribution < -0.4 is 4.74 Å². The molecule has 3 aromatic rings. The largest absolute Gasteiger partial charge is 0.496 e. The third kappa shape index (κ3) is 3.80. The highest BCUT2D eigenvalue weighted by Crippen LogP contribution is 2.46. The van der Waals surface area contributed by atoms with E-state index in [1.54, 1.807) is 12.1 Å². The van der Waals surface area contributed by atoms with Gasteiger partial charge in [0.05, 0.1) is 19.2 Å². The van der Waals surface area contributed by atoms with Crippen molar-refractivity contribution in [3.63, 3.8) is 0 Å². The number of carboxylic acids is 1. The number of rotatable bonds is 4. The Balaban J connectivity index is 2.04. The molecular formula is C21H17ClF3N3O4. The first-order chi connectivity index (χ1) is 15.1. The minimum Gasteiger partial charge on any atom is -0.496 e. The predicted molar refractivity (Wildman–Crippen MR) is 107 cm³/mol. The topological polar surface area (TPSA) is 86.5 Å². The molecule has 2 atom stereocenters. The number of hydrogen-bond donors (Lipinski definition) is 1. The third-order valence-electron chi connectivity index (χ3n) is 5.13. The second kappa shape index (κ2) is 8.10. The number of para-hydroxylation sites is 1. The van der Waals surface area contributed by atoms with E-state index in [1.165, 1.54) is 25.3 Å². The fourth-order valence-electron chi connectivity index (χ4n) is 3.86. The standard InChI is InChI=1S/C21H17ClF3N3O4/c1-10-4-3-5-12(17(10)31-2)18-13-8-11(22)6-7-14(13)28-19(15(32-18)9-16(29)30)26-27-20(28)21(23,24)25/h3-8,15,18H,9H2,1-2H3,(H,29,30)/t15-,18-/m0/s1. The van der Waals surface area contributed by atoms with Crippen LogP contribution in [0.5, 0.6) is 5.75 Å². The molecule has 1 aliphatic rings. The normalized spacial score (nSPS) is 17.9. The van der Waals surface area contributed by atoms with E-state index < -0.39 is 36.6 Å². The van der Waals surface area contributed by atoms with Gasteiger partial charge in [-0.3, -0.25) is 9.36 Å². The smallest absolute Gasteiger partial charge is 0.452 e. The number of aromatic nitrogens is 3. The van der Waals surface area contributed by atoms with Gasteiger partial charge in [-0.05, 0) is 30.7 Å². The SMILES string of the molecule is COc1c(C)cccc1[C@@H]1O[C@@H](CC(=O)O)c2nnc(C(F)(F)F)n2-c2ccc(Cl)cc21. The van der Waals surface area contributed by atoms with Crippen molar-refractivity contribution in [3.8, 4) is 11.4 Å². The van der Waals surface area contributed by atoms with Gasteiger partial charge >= 0.3 is 12.1 Å². The number of carbonyl (C=O) groups is 1. The number of carboxylic acid groups (broad SMARTS) is 1. The van der Waals surface area contributed by atoms with Gasteiger partial charge in [0.15, 0.2) is 5.82 Å². The number of fused-ring (bicyclic) bond motifs is 3. The number of benzene rings is 2. The Morgan fingerprint density at radius 3 is 2.66 bits per heavy atom. The van der Waals surface area contributed by atoms with Gasteiger partial charge in [0.25, 0.3) is 0 Å². The lowest BCUT2D eigenvalue weighted by molar-refractivity contribution is -0.146. The molecule has 0 amide bonds. The second-order valence-corrected chi connectivity index (χ2v) is 7.65. The Labute approximate surface area is 185 Å². The summed E-state index contributed by atoms with van der Waals surface area (Å²) in [6.07, 6.45) is -7.76. The first-order valence-electron chi connectivity index (χ1n) is 9.45. The summed E-state index contributed by atoms with van der Waals surface area (Å²) in [7, 11) is 1.47. The van der Waals surface area contributed by atoms with E-state index in [0.717, 1.165) is 10.1 Å². The molecule has 32 heavy (non-hydrogen) atoms. The van der Waals surface area contributed by atoms with Gasteiger partial charge < -0.3 is 14.6 Å². The summed E-state index contributed by atoms with van der Waals surface area (Å²) < 4.78 is 53.8. The van der Waals surface area contributed by atoms with Gasteiger partial charge in [-0.2, -0.15) is 13.2 Å². The number of ether oxygens (including phenoxy) is 2. The summed E-state index contributed by atoms with van der Waals surface area (Å²) in [4.78, 5) is 11.5. The Bertz CT molecular complexity index is 1200. The average molecular weight is 468 g/mol. The molecule has 0 unspecified atom stereocenters. The molecule has 0 aliphatic carbocycles. The molecule has 1 aliphatic heterocycles. The number of alkyl halides is 3. The fraction of sp³-hybridized carbons (Fsp3) is 0.286. The van der Waals surface area contributed by atoms with Crippen molar-refractivity contribution in [2.75, 3.05) is 7.11 Å². The maximum absolute atomic E-state index is 13.8. The number of halogens is 4. The van der Waals surface area contributed by atoms with Crippen molar-refractivity contribution >= 4 is 17.6 Å². The highest BCUT2D eigenvalue weighted by Gasteiger charge is 2.43. The number of nitrogens with zero attached hydrogens (tertiary/aromatic N) is 3. The molecule has 0 saturated heterocycles. The number of methoxy groups -OCH3 is 1. The molecule has 4 rings (SSSR count). The second-order valence-electron chi connectivity index (χ2n) is 7.22. The van der Waals surface area contributed by atoms with Crippen LogP contribution in [-0.4, -0.2) is 33.0 Å². The number of aliphatic carboxylic acids is 1. The molecular weight excluding hydrogens is 451 g/mol. The maximum Gasteiger partial charge on any atom is 0.452 e. The molecule has 1 N–H and O–H groups in total. The van der Waals surface area contributed by atoms with Crippen LogP contribution in [0.1, 0.15) is 47.0 Å². The quantitative estimate of drug-likeness (QED) is 0.588. The van der Waals surface area contributed by atoms with Crippen molar-refractivity contribution in [1.82, 2.24) is 14.8 Å². The molecule has 7 nitrogen and oxygen atoms in total. The van der Waals surface area contributed by atoms with E-state index in [9.17, 15) is 23.1 Å². The van der Waals surface area contributed by atoms with Gasteiger partial charge in [-0.1, -0.05) is 29.8 Å². The lowest BCUT2D eigenvalue weighted by Gasteiger charge is -2.24. The third-order valence-corrected chi connectivity index (χ3v) is 5.37. The summed E-state index contributed by atoms with van der Waals surface area (Å²) >= 11 is 6.20. The maximum atomic E-state index is 13.8. The van der Waals surface area contributed by atoms with Crippen LogP contribution in [0.2, 0.25) is 5.02 Å². The van der Waals surface area contributed by atoms with Crippen LogP contribution in [0.3, 0.4) is 0 Å². The van der Waals surface area contributed by atoms with E-state index in [0.29, 0.717) is 16.9 Å². The van der Waals surface area contributed by atoms with Crippen molar-refractivity contribution in [1.29, 1.82) is 0 Å². The summed E-state index contributed by atoms with van der Waals surface area (Å²) in [6.45, 7) is 1.81. The first-order valence-corrected chi connectivity index (χ1v) is 9.82. The highest BCUT2D eigenvalue weighted by atomic mass is 35.5. The number of aryl methyl sites for hydroxylation is 1. The van der Waals surface area contributed by atoms with Gasteiger partial charge in [0.2, 0.25) is 5.82 Å². The van der Waals surface area contributed by atoms with Crippen molar-refractivity contribution in [2.45, 2.75) is 31.7 Å². The monoisotopic (exact) mass is 467 g/mol. The average Bonchev–Trinajstić information content (AvgIpc) is 3.11. The Hall–Kier alpha value is -3.11. The van der Waals surface area contributed by atoms with E-state index >= 15 is 0 Å². The predicted octanol–water partition coefficient (Wildman–Crippen LogP) is 4.89. The Kier molecular flexibility index (Phi) is 5.59. The Morgan fingerprint density at radius 1 is 1.25 bits per heavy atom. The van der Waals surface area contributed by atoms with Crippen LogP contribution >= 0.6 is 11.6 Å². The fourth-order valence-corrected chi connectivity index (χ4v) is 4.04.